The average molecular weight is 276 g/mol. The first-order chi connectivity index (χ1) is 9.47. The number of nitrogens with zero attached hydrogens (tertiary/aromatic N) is 2. The predicted octanol–water partition coefficient (Wildman–Crippen LogP) is -0.00558. The number of carbonyl (C=O) groups excluding carboxylic acids is 3. The molecule has 20 heavy (non-hydrogen) atoms. The van der Waals surface area contributed by atoms with Gasteiger partial charge in [-0.05, 0) is 19.1 Å². The van der Waals surface area contributed by atoms with Gasteiger partial charge in [0.15, 0.2) is 12.3 Å². The number of carbonyl (C=O) groups is 3. The number of hydrogen-bond acceptors (Lipinski definition) is 5. The number of nitrogens with two attached hydrogens (primary N) is 1. The Bertz CT molecular complexity index is 692. The lowest BCUT2D eigenvalue weighted by atomic mass is 10.4. The van der Waals surface area contributed by atoms with Crippen molar-refractivity contribution in [2.24, 2.45) is 5.73 Å². The molecule has 0 spiro atoms. The second-order valence-electron chi connectivity index (χ2n) is 4.01. The van der Waals surface area contributed by atoms with Gasteiger partial charge in [-0.3, -0.25) is 10.1 Å². The van der Waals surface area contributed by atoms with Gasteiger partial charge in [-0.15, -0.1) is 0 Å². The lowest BCUT2D eigenvalue weighted by Crippen LogP contribution is -2.37. The fourth-order valence-electron chi connectivity index (χ4n) is 1.63. The molecule has 0 aliphatic rings. The molecule has 2 heterocycles. The Labute approximate surface area is 113 Å². The van der Waals surface area contributed by atoms with Crippen LogP contribution < -0.4 is 11.1 Å². The van der Waals surface area contributed by atoms with E-state index in [9.17, 15) is 14.4 Å². The zero-order chi connectivity index (χ0) is 14.7. The molecule has 0 aromatic carbocycles. The highest BCUT2D eigenvalue weighted by Crippen LogP contribution is 2.09. The lowest BCUT2D eigenvalue weighted by Gasteiger charge is -2.01. The maximum atomic E-state index is 11.7. The first-order valence-electron chi connectivity index (χ1n) is 5.68. The van der Waals surface area contributed by atoms with Crippen LogP contribution in [0, 0.1) is 6.92 Å². The summed E-state index contributed by atoms with van der Waals surface area (Å²) in [5, 5.41) is 1.78. The molecule has 0 atom stereocenters. The Morgan fingerprint density at radius 1 is 1.40 bits per heavy atom. The number of amides is 3. The first-order valence-corrected chi connectivity index (χ1v) is 5.68. The number of fused-ring (bicyclic) bond motifs is 1. The molecular formula is C12H12N4O4. The minimum Gasteiger partial charge on any atom is -0.451 e. The topological polar surface area (TPSA) is 116 Å². The van der Waals surface area contributed by atoms with Crippen LogP contribution in [0.25, 0.3) is 5.65 Å². The normalized spacial score (nSPS) is 10.2. The third kappa shape index (κ3) is 2.91. The lowest BCUT2D eigenvalue weighted by molar-refractivity contribution is -0.123. The fraction of sp³-hybridized carbons (Fsp3) is 0.167. The van der Waals surface area contributed by atoms with Crippen molar-refractivity contribution < 1.29 is 19.1 Å². The zero-order valence-electron chi connectivity index (χ0n) is 10.6. The van der Waals surface area contributed by atoms with Gasteiger partial charge in [0.05, 0.1) is 0 Å². The third-order valence-corrected chi connectivity index (χ3v) is 2.50. The average Bonchev–Trinajstić information content (AvgIpc) is 2.80. The Morgan fingerprint density at radius 2 is 2.15 bits per heavy atom. The summed E-state index contributed by atoms with van der Waals surface area (Å²) < 4.78 is 6.45. The largest absolute Gasteiger partial charge is 0.451 e. The maximum absolute atomic E-state index is 11.7. The molecule has 0 saturated heterocycles. The minimum absolute atomic E-state index is 0.0752. The van der Waals surface area contributed by atoms with Crippen LogP contribution in [0.1, 0.15) is 16.2 Å². The van der Waals surface area contributed by atoms with Gasteiger partial charge in [0, 0.05) is 11.9 Å². The molecule has 3 amide bonds. The van der Waals surface area contributed by atoms with Crippen LogP contribution in [-0.4, -0.2) is 33.9 Å². The summed E-state index contributed by atoms with van der Waals surface area (Å²) >= 11 is 0. The first kappa shape index (κ1) is 13.5. The van der Waals surface area contributed by atoms with Crippen LogP contribution in [0.4, 0.5) is 4.79 Å². The molecule has 0 fully saturated rings. The van der Waals surface area contributed by atoms with Gasteiger partial charge >= 0.3 is 12.0 Å². The van der Waals surface area contributed by atoms with Gasteiger partial charge in [0.2, 0.25) is 0 Å². The van der Waals surface area contributed by atoms with E-state index in [1.807, 2.05) is 19.1 Å². The summed E-state index contributed by atoms with van der Waals surface area (Å²) in [6.07, 6.45) is 1.51. The van der Waals surface area contributed by atoms with Crippen LogP contribution in [0.3, 0.4) is 0 Å². The van der Waals surface area contributed by atoms with Gasteiger partial charge in [-0.2, -0.15) is 0 Å². The van der Waals surface area contributed by atoms with E-state index in [1.54, 1.807) is 15.8 Å². The van der Waals surface area contributed by atoms with Crippen molar-refractivity contribution in [1.82, 2.24) is 14.7 Å². The van der Waals surface area contributed by atoms with Gasteiger partial charge in [-0.1, -0.05) is 6.07 Å². The van der Waals surface area contributed by atoms with Crippen LogP contribution in [0.2, 0.25) is 0 Å². The van der Waals surface area contributed by atoms with Crippen molar-refractivity contribution in [2.75, 3.05) is 6.61 Å². The number of rotatable bonds is 3. The number of imide groups is 1. The highest BCUT2D eigenvalue weighted by atomic mass is 16.5. The maximum Gasteiger partial charge on any atom is 0.359 e. The minimum atomic E-state index is -1.01. The standard InChI is InChI=1S/C12H12N4O4/c1-7-3-2-4-9-14-8(5-16(7)9)11(18)20-6-10(17)15-12(13)19/h2-5H,6H2,1H3,(H3,13,15,17,19). The van der Waals surface area contributed by atoms with Crippen molar-refractivity contribution >= 4 is 23.6 Å². The van der Waals surface area contributed by atoms with E-state index in [1.165, 1.54) is 6.20 Å². The number of primary amides is 1. The molecule has 3 N–H and O–H groups in total. The van der Waals surface area contributed by atoms with Crippen LogP contribution in [0.15, 0.2) is 24.4 Å². The Balaban J connectivity index is 2.06. The highest BCUT2D eigenvalue weighted by molar-refractivity contribution is 5.96. The number of nitrogens with one attached hydrogen (secondary N) is 1. The second kappa shape index (κ2) is 5.39. The molecule has 0 bridgehead atoms. The van der Waals surface area contributed by atoms with E-state index in [4.69, 9.17) is 10.5 Å². The highest BCUT2D eigenvalue weighted by Gasteiger charge is 2.15. The van der Waals surface area contributed by atoms with Gasteiger partial charge in [0.25, 0.3) is 5.91 Å². The molecule has 0 aliphatic carbocycles. The molecule has 8 nitrogen and oxygen atoms in total. The van der Waals surface area contributed by atoms with E-state index in [2.05, 4.69) is 4.98 Å². The van der Waals surface area contributed by atoms with E-state index in [0.717, 1.165) is 5.69 Å². The van der Waals surface area contributed by atoms with Crippen LogP contribution >= 0.6 is 0 Å². The molecule has 104 valence electrons. The number of imidazole rings is 1. The fourth-order valence-corrected chi connectivity index (χ4v) is 1.63. The summed E-state index contributed by atoms with van der Waals surface area (Å²) in [5.41, 5.74) is 6.33. The summed E-state index contributed by atoms with van der Waals surface area (Å²) in [6, 6.07) is 4.41. The summed E-state index contributed by atoms with van der Waals surface area (Å²) in [7, 11) is 0. The molecule has 2 aromatic heterocycles. The molecule has 2 aromatic rings. The number of pyridine rings is 1. The zero-order valence-corrected chi connectivity index (χ0v) is 10.6. The Kier molecular flexibility index (Phi) is 3.65. The predicted molar refractivity (Wildman–Crippen MR) is 67.9 cm³/mol. The number of aromatic nitrogens is 2. The van der Waals surface area contributed by atoms with Crippen molar-refractivity contribution in [1.29, 1.82) is 0 Å². The Hall–Kier alpha value is -2.90. The second-order valence-corrected chi connectivity index (χ2v) is 4.01. The smallest absolute Gasteiger partial charge is 0.359 e. The Morgan fingerprint density at radius 3 is 2.80 bits per heavy atom. The van der Waals surface area contributed by atoms with Crippen molar-refractivity contribution in [3.8, 4) is 0 Å². The number of hydrogen-bond donors (Lipinski definition) is 2. The quantitative estimate of drug-likeness (QED) is 0.765. The van der Waals surface area contributed by atoms with E-state index >= 15 is 0 Å². The van der Waals surface area contributed by atoms with Crippen molar-refractivity contribution in [2.45, 2.75) is 6.92 Å². The van der Waals surface area contributed by atoms with Crippen molar-refractivity contribution in [3.05, 3.63) is 35.8 Å². The van der Waals surface area contributed by atoms with Crippen LogP contribution in [0.5, 0.6) is 0 Å². The summed E-state index contributed by atoms with van der Waals surface area (Å²) in [6.45, 7) is 1.26. The molecule has 0 saturated carbocycles. The summed E-state index contributed by atoms with van der Waals surface area (Å²) in [4.78, 5) is 37.3. The molecule has 2 rings (SSSR count). The number of aryl methyl sites for hydroxylation is 1. The van der Waals surface area contributed by atoms with Gasteiger partial charge in [-0.25, -0.2) is 14.6 Å². The summed E-state index contributed by atoms with van der Waals surface area (Å²) in [5.74, 6) is -1.56. The molecular weight excluding hydrogens is 264 g/mol. The van der Waals surface area contributed by atoms with Crippen LogP contribution in [-0.2, 0) is 9.53 Å². The van der Waals surface area contributed by atoms with Gasteiger partial charge in [0.1, 0.15) is 5.65 Å². The van der Waals surface area contributed by atoms with Crippen molar-refractivity contribution in [3.63, 3.8) is 0 Å². The van der Waals surface area contributed by atoms with Gasteiger partial charge < -0.3 is 14.9 Å². The SMILES string of the molecule is Cc1cccc2nc(C(=O)OCC(=O)NC(N)=O)cn12. The number of urea groups is 1. The number of esters is 1. The van der Waals surface area contributed by atoms with E-state index in [-0.39, 0.29) is 5.69 Å². The monoisotopic (exact) mass is 276 g/mol. The number of ether oxygens (including phenoxy) is 1. The molecule has 0 unspecified atom stereocenters. The third-order valence-electron chi connectivity index (χ3n) is 2.50. The molecule has 0 aliphatic heterocycles. The van der Waals surface area contributed by atoms with E-state index < -0.39 is 24.5 Å². The molecule has 8 heteroatoms. The van der Waals surface area contributed by atoms with E-state index in [0.29, 0.717) is 5.65 Å². The molecule has 0 radical (unpaired) electrons.